The van der Waals surface area contributed by atoms with Gasteiger partial charge in [0.1, 0.15) is 6.07 Å². The predicted molar refractivity (Wildman–Crippen MR) is 48.0 cm³/mol. The number of nitrogens with zero attached hydrogens (tertiary/aromatic N) is 1. The fourth-order valence-electron chi connectivity index (χ4n) is 0.888. The van der Waals surface area contributed by atoms with Crippen molar-refractivity contribution in [1.82, 2.24) is 0 Å². The summed E-state index contributed by atoms with van der Waals surface area (Å²) in [6.07, 6.45) is 0.225. The molecule has 14 heavy (non-hydrogen) atoms. The number of rotatable bonds is 6. The van der Waals surface area contributed by atoms with Crippen molar-refractivity contribution in [3.8, 4) is 6.07 Å². The Morgan fingerprint density at radius 2 is 2.00 bits per heavy atom. The van der Waals surface area contributed by atoms with Gasteiger partial charge < -0.3 is 4.74 Å². The largest absolute Gasteiger partial charge is 0.388 e. The molecule has 0 aromatic rings. The normalized spacial score (nSPS) is 14.1. The summed E-state index contributed by atoms with van der Waals surface area (Å²) in [4.78, 5) is 20.3. The van der Waals surface area contributed by atoms with Crippen LogP contribution in [-0.4, -0.2) is 24.8 Å². The zero-order valence-corrected chi connectivity index (χ0v) is 8.70. The van der Waals surface area contributed by atoms with E-state index in [0.717, 1.165) is 0 Å². The van der Waals surface area contributed by atoms with Crippen molar-refractivity contribution in [2.45, 2.75) is 32.8 Å². The highest BCUT2D eigenvalue weighted by Gasteiger charge is 2.40. The maximum absolute atomic E-state index is 11.4. The van der Waals surface area contributed by atoms with Gasteiger partial charge in [-0.05, 0) is 20.3 Å². The van der Waals surface area contributed by atoms with Crippen molar-refractivity contribution in [1.29, 1.82) is 5.26 Å². The molecule has 1 atom stereocenters. The average Bonchev–Trinajstić information content (AvgIpc) is 2.22. The van der Waals surface area contributed by atoms with E-state index in [9.17, 15) is 4.79 Å². The highest BCUT2D eigenvalue weighted by molar-refractivity contribution is 5.82. The molecular weight excluding hydrogens is 186 g/mol. The lowest BCUT2D eigenvalue weighted by Crippen LogP contribution is -2.41. The molecule has 0 saturated carbocycles. The van der Waals surface area contributed by atoms with Crippen LogP contribution in [0.5, 0.6) is 0 Å². The van der Waals surface area contributed by atoms with Crippen molar-refractivity contribution >= 4 is 5.97 Å². The summed E-state index contributed by atoms with van der Waals surface area (Å²) in [7, 11) is 0. The first-order valence-corrected chi connectivity index (χ1v) is 4.55. The molecule has 0 aromatic carbocycles. The Morgan fingerprint density at radius 3 is 2.36 bits per heavy atom. The zero-order valence-electron chi connectivity index (χ0n) is 8.70. The van der Waals surface area contributed by atoms with E-state index < -0.39 is 11.6 Å². The first-order chi connectivity index (χ1) is 6.66. The smallest absolute Gasteiger partial charge is 0.351 e. The van der Waals surface area contributed by atoms with Crippen molar-refractivity contribution < 1.29 is 19.3 Å². The summed E-state index contributed by atoms with van der Waals surface area (Å²) in [6.45, 7) is 5.56. The second-order valence-corrected chi connectivity index (χ2v) is 2.50. The minimum Gasteiger partial charge on any atom is -0.351 e. The summed E-state index contributed by atoms with van der Waals surface area (Å²) in [5.41, 5.74) is -1.54. The first kappa shape index (κ1) is 12.9. The van der Waals surface area contributed by atoms with Gasteiger partial charge in [0.15, 0.2) is 0 Å². The molecule has 0 bridgehead atoms. The minimum absolute atomic E-state index is 0.225. The monoisotopic (exact) mass is 201 g/mol. The third-order valence-corrected chi connectivity index (χ3v) is 1.65. The number of carbonyl (C=O) groups excluding carboxylic acids is 1. The fraction of sp³-hybridized carbons (Fsp3) is 0.778. The van der Waals surface area contributed by atoms with Gasteiger partial charge in [0, 0.05) is 6.61 Å². The van der Waals surface area contributed by atoms with Gasteiger partial charge in [0.2, 0.25) is 0 Å². The molecule has 0 aliphatic rings. The van der Waals surface area contributed by atoms with E-state index in [1.807, 2.05) is 0 Å². The Balaban J connectivity index is 4.47. The topological polar surface area (TPSA) is 68.5 Å². The number of hydrogen-bond acceptors (Lipinski definition) is 5. The summed E-state index contributed by atoms with van der Waals surface area (Å²) in [6, 6.07) is 1.80. The van der Waals surface area contributed by atoms with Gasteiger partial charge in [-0.25, -0.2) is 4.79 Å². The number of carbonyl (C=O) groups is 1. The van der Waals surface area contributed by atoms with E-state index in [1.54, 1.807) is 26.8 Å². The van der Waals surface area contributed by atoms with Crippen LogP contribution in [0.3, 0.4) is 0 Å². The van der Waals surface area contributed by atoms with Gasteiger partial charge in [0.25, 0.3) is 5.60 Å². The van der Waals surface area contributed by atoms with Crippen LogP contribution >= 0.6 is 0 Å². The van der Waals surface area contributed by atoms with Gasteiger partial charge in [-0.15, -0.1) is 0 Å². The van der Waals surface area contributed by atoms with Crippen LogP contribution in [0.2, 0.25) is 0 Å². The maximum Gasteiger partial charge on any atom is 0.388 e. The van der Waals surface area contributed by atoms with E-state index in [2.05, 4.69) is 9.78 Å². The second kappa shape index (κ2) is 6.35. The third kappa shape index (κ3) is 2.98. The Kier molecular flexibility index (Phi) is 5.84. The second-order valence-electron chi connectivity index (χ2n) is 2.50. The molecule has 0 aliphatic carbocycles. The number of hydrogen-bond donors (Lipinski definition) is 0. The molecule has 0 saturated heterocycles. The van der Waals surface area contributed by atoms with Crippen molar-refractivity contribution in [3.05, 3.63) is 0 Å². The van der Waals surface area contributed by atoms with Gasteiger partial charge in [0.05, 0.1) is 6.61 Å². The quantitative estimate of drug-likeness (QED) is 0.477. The zero-order chi connectivity index (χ0) is 11.0. The molecule has 0 heterocycles. The molecule has 5 nitrogen and oxygen atoms in total. The molecule has 0 rings (SSSR count). The number of ether oxygens (including phenoxy) is 1. The lowest BCUT2D eigenvalue weighted by molar-refractivity contribution is -0.282. The first-order valence-electron chi connectivity index (χ1n) is 4.55. The molecule has 0 aliphatic heterocycles. The lowest BCUT2D eigenvalue weighted by Gasteiger charge is -2.21. The van der Waals surface area contributed by atoms with Crippen molar-refractivity contribution in [2.24, 2.45) is 0 Å². The van der Waals surface area contributed by atoms with Gasteiger partial charge >= 0.3 is 5.97 Å². The van der Waals surface area contributed by atoms with E-state index >= 15 is 0 Å². The van der Waals surface area contributed by atoms with E-state index in [1.165, 1.54) is 0 Å². The highest BCUT2D eigenvalue weighted by Crippen LogP contribution is 2.17. The third-order valence-electron chi connectivity index (χ3n) is 1.65. The molecule has 0 aromatic heterocycles. The molecule has 80 valence electrons. The Bertz CT molecular complexity index is 223. The van der Waals surface area contributed by atoms with Crippen LogP contribution in [0.25, 0.3) is 0 Å². The van der Waals surface area contributed by atoms with E-state index in [4.69, 9.17) is 10.00 Å². The maximum atomic E-state index is 11.4. The molecule has 0 radical (unpaired) electrons. The fourth-order valence-corrected chi connectivity index (χ4v) is 0.888. The van der Waals surface area contributed by atoms with Gasteiger partial charge in [-0.1, -0.05) is 6.92 Å². The van der Waals surface area contributed by atoms with Crippen LogP contribution in [-0.2, 0) is 19.3 Å². The molecule has 0 amide bonds. The SMILES string of the molecule is CCOOC(=O)C(C#N)(CC)OCC. The summed E-state index contributed by atoms with van der Waals surface area (Å²) in [5.74, 6) is -0.800. The van der Waals surface area contributed by atoms with Gasteiger partial charge in [-0.2, -0.15) is 10.1 Å². The summed E-state index contributed by atoms with van der Waals surface area (Å²) < 4.78 is 5.07. The highest BCUT2D eigenvalue weighted by atomic mass is 17.2. The van der Waals surface area contributed by atoms with Crippen LogP contribution in [0.4, 0.5) is 0 Å². The molecule has 5 heteroatoms. The lowest BCUT2D eigenvalue weighted by atomic mass is 10.0. The van der Waals surface area contributed by atoms with Crippen LogP contribution in [0, 0.1) is 11.3 Å². The van der Waals surface area contributed by atoms with Crippen LogP contribution < -0.4 is 0 Å². The Morgan fingerprint density at radius 1 is 1.36 bits per heavy atom. The Labute approximate surface area is 83.5 Å². The van der Waals surface area contributed by atoms with E-state index in [0.29, 0.717) is 0 Å². The molecule has 0 spiro atoms. The van der Waals surface area contributed by atoms with Crippen molar-refractivity contribution in [2.75, 3.05) is 13.2 Å². The van der Waals surface area contributed by atoms with E-state index in [-0.39, 0.29) is 19.6 Å². The summed E-state index contributed by atoms with van der Waals surface area (Å²) >= 11 is 0. The molecule has 0 N–H and O–H groups in total. The van der Waals surface area contributed by atoms with Crippen LogP contribution in [0.15, 0.2) is 0 Å². The molecular formula is C9H15NO4. The van der Waals surface area contributed by atoms with Crippen molar-refractivity contribution in [3.63, 3.8) is 0 Å². The predicted octanol–water partition coefficient (Wildman–Crippen LogP) is 1.19. The average molecular weight is 201 g/mol. The minimum atomic E-state index is -1.54. The summed E-state index contributed by atoms with van der Waals surface area (Å²) in [5, 5.41) is 8.85. The number of nitriles is 1. The van der Waals surface area contributed by atoms with Gasteiger partial charge in [-0.3, -0.25) is 4.89 Å². The standard InChI is InChI=1S/C9H15NO4/c1-4-9(7-10,12-5-2)8(11)14-13-6-3/h4-6H2,1-3H3. The Hall–Kier alpha value is -1.12. The molecule has 0 fully saturated rings. The van der Waals surface area contributed by atoms with Crippen LogP contribution in [0.1, 0.15) is 27.2 Å². The molecule has 1 unspecified atom stereocenters.